The number of aromatic hydroxyl groups is 1. The molecule has 3 rings (SSSR count). The third-order valence-corrected chi connectivity index (χ3v) is 5.68. The molecule has 22 heavy (non-hydrogen) atoms. The molecule has 0 aromatic heterocycles. The number of benzene rings is 1. The first-order valence-electron chi connectivity index (χ1n) is 7.99. The fraction of sp³-hybridized carbons (Fsp3) is 0.526. The second kappa shape index (κ2) is 5.15. The van der Waals surface area contributed by atoms with Gasteiger partial charge in [0.15, 0.2) is 0 Å². The molecule has 2 saturated carbocycles. The van der Waals surface area contributed by atoms with Crippen LogP contribution in [0.4, 0.5) is 0 Å². The van der Waals surface area contributed by atoms with E-state index in [0.29, 0.717) is 5.92 Å². The average Bonchev–Trinajstić information content (AvgIpc) is 2.94. The lowest BCUT2D eigenvalue weighted by Gasteiger charge is -2.41. The lowest BCUT2D eigenvalue weighted by atomic mass is 9.70. The van der Waals surface area contributed by atoms with Gasteiger partial charge in [-0.25, -0.2) is 4.79 Å². The summed E-state index contributed by atoms with van der Waals surface area (Å²) < 4.78 is 5.83. The minimum absolute atomic E-state index is 0.00396. The Kier molecular flexibility index (Phi) is 3.54. The summed E-state index contributed by atoms with van der Waals surface area (Å²) in [5, 5.41) is 9.25. The monoisotopic (exact) mass is 300 g/mol. The molecule has 0 radical (unpaired) electrons. The van der Waals surface area contributed by atoms with E-state index in [0.717, 1.165) is 12.0 Å². The van der Waals surface area contributed by atoms with Crippen molar-refractivity contribution in [3.05, 3.63) is 35.9 Å². The van der Waals surface area contributed by atoms with Crippen LogP contribution in [0.1, 0.15) is 45.6 Å². The van der Waals surface area contributed by atoms with Gasteiger partial charge in [-0.15, -0.1) is 0 Å². The number of ether oxygens (including phenoxy) is 1. The molecule has 3 nitrogen and oxygen atoms in total. The second-order valence-electron chi connectivity index (χ2n) is 7.66. The summed E-state index contributed by atoms with van der Waals surface area (Å²) in [6.45, 7) is 6.71. The summed E-state index contributed by atoms with van der Waals surface area (Å²) in [5.74, 6) is 0.604. The summed E-state index contributed by atoms with van der Waals surface area (Å²) in [4.78, 5) is 12.2. The van der Waals surface area contributed by atoms with Crippen LogP contribution in [0.3, 0.4) is 0 Å². The van der Waals surface area contributed by atoms with Crippen LogP contribution in [0.2, 0.25) is 0 Å². The number of hydrogen-bond donors (Lipinski definition) is 1. The number of carbonyl (C=O) groups is 1. The van der Waals surface area contributed by atoms with Gasteiger partial charge < -0.3 is 9.84 Å². The molecule has 118 valence electrons. The summed E-state index contributed by atoms with van der Waals surface area (Å²) in [6.07, 6.45) is 6.78. The molecule has 1 N–H and O–H groups in total. The van der Waals surface area contributed by atoms with Gasteiger partial charge in [0.05, 0.1) is 0 Å². The van der Waals surface area contributed by atoms with Crippen LogP contribution >= 0.6 is 0 Å². The topological polar surface area (TPSA) is 46.5 Å². The van der Waals surface area contributed by atoms with Crippen molar-refractivity contribution in [2.75, 3.05) is 0 Å². The van der Waals surface area contributed by atoms with Crippen LogP contribution < -0.4 is 0 Å². The van der Waals surface area contributed by atoms with Crippen molar-refractivity contribution in [2.45, 2.75) is 46.1 Å². The van der Waals surface area contributed by atoms with Crippen molar-refractivity contribution in [3.63, 3.8) is 0 Å². The van der Waals surface area contributed by atoms with Crippen molar-refractivity contribution >= 4 is 12.0 Å². The summed E-state index contributed by atoms with van der Waals surface area (Å²) in [5.41, 5.74) is 1.07. The molecule has 0 spiro atoms. The highest BCUT2D eigenvalue weighted by Gasteiger charge is 2.61. The Labute approximate surface area is 132 Å². The fourth-order valence-corrected chi connectivity index (χ4v) is 4.46. The van der Waals surface area contributed by atoms with Gasteiger partial charge in [0, 0.05) is 16.9 Å². The maximum absolute atomic E-state index is 12.2. The predicted octanol–water partition coefficient (Wildman–Crippen LogP) is 4.16. The molecule has 0 aliphatic heterocycles. The van der Waals surface area contributed by atoms with Crippen molar-refractivity contribution in [1.82, 2.24) is 0 Å². The number of esters is 1. The molecule has 3 heteroatoms. The molecule has 0 saturated heterocycles. The first-order valence-corrected chi connectivity index (χ1v) is 7.99. The Morgan fingerprint density at radius 2 is 1.95 bits per heavy atom. The highest BCUT2D eigenvalue weighted by Crippen LogP contribution is 2.63. The van der Waals surface area contributed by atoms with Crippen molar-refractivity contribution in [3.8, 4) is 5.75 Å². The normalized spacial score (nSPS) is 32.5. The molecular formula is C19H24O3. The first kappa shape index (κ1) is 15.1. The fourth-order valence-electron chi connectivity index (χ4n) is 4.46. The van der Waals surface area contributed by atoms with E-state index in [4.69, 9.17) is 4.74 Å². The summed E-state index contributed by atoms with van der Waals surface area (Å²) in [7, 11) is 0. The van der Waals surface area contributed by atoms with E-state index in [-0.39, 0.29) is 28.7 Å². The number of phenols is 1. The highest BCUT2D eigenvalue weighted by molar-refractivity contribution is 5.87. The Balaban J connectivity index is 1.68. The van der Waals surface area contributed by atoms with Crippen LogP contribution in [0, 0.1) is 16.7 Å². The summed E-state index contributed by atoms with van der Waals surface area (Å²) >= 11 is 0. The van der Waals surface area contributed by atoms with Gasteiger partial charge in [0.2, 0.25) is 0 Å². The maximum Gasteiger partial charge on any atom is 0.331 e. The number of carbonyl (C=O) groups excluding carboxylic acids is 1. The standard InChI is InChI=1S/C19H24O3/c1-18(2)14-10-11-19(3,12-14)17(18)22-16(21)9-6-13-4-7-15(20)8-5-13/h4-9,14,17,20H,10-12H2,1-3H3/t14-,17-,19+/m0/s1. The van der Waals surface area contributed by atoms with E-state index in [9.17, 15) is 9.90 Å². The van der Waals surface area contributed by atoms with E-state index in [1.54, 1.807) is 30.3 Å². The van der Waals surface area contributed by atoms with Gasteiger partial charge in [-0.1, -0.05) is 32.9 Å². The van der Waals surface area contributed by atoms with E-state index in [2.05, 4.69) is 20.8 Å². The van der Waals surface area contributed by atoms with Gasteiger partial charge >= 0.3 is 5.97 Å². The van der Waals surface area contributed by atoms with Crippen LogP contribution in [0.25, 0.3) is 6.08 Å². The molecule has 0 heterocycles. The van der Waals surface area contributed by atoms with Gasteiger partial charge in [0.25, 0.3) is 0 Å². The quantitative estimate of drug-likeness (QED) is 0.673. The minimum atomic E-state index is -0.278. The van der Waals surface area contributed by atoms with E-state index >= 15 is 0 Å². The minimum Gasteiger partial charge on any atom is -0.508 e. The zero-order chi connectivity index (χ0) is 16.0. The molecule has 2 aliphatic carbocycles. The van der Waals surface area contributed by atoms with Gasteiger partial charge in [0.1, 0.15) is 11.9 Å². The second-order valence-corrected chi connectivity index (χ2v) is 7.66. The highest BCUT2D eigenvalue weighted by atomic mass is 16.5. The van der Waals surface area contributed by atoms with Crippen molar-refractivity contribution in [1.29, 1.82) is 0 Å². The average molecular weight is 300 g/mol. The van der Waals surface area contributed by atoms with Gasteiger partial charge in [-0.05, 0) is 49.0 Å². The third-order valence-electron chi connectivity index (χ3n) is 5.68. The predicted molar refractivity (Wildman–Crippen MR) is 86.2 cm³/mol. The lowest BCUT2D eigenvalue weighted by molar-refractivity contribution is -0.158. The lowest BCUT2D eigenvalue weighted by Crippen LogP contribution is -2.43. The van der Waals surface area contributed by atoms with E-state index < -0.39 is 0 Å². The van der Waals surface area contributed by atoms with Crippen LogP contribution in [0.5, 0.6) is 5.75 Å². The Hall–Kier alpha value is -1.77. The molecule has 2 bridgehead atoms. The molecule has 0 unspecified atom stereocenters. The SMILES string of the molecule is CC1(C)[C@H]2CC[C@](C)(C2)[C@H]1OC(=O)C=Cc1ccc(O)cc1. The Morgan fingerprint density at radius 3 is 2.55 bits per heavy atom. The molecule has 2 fully saturated rings. The number of hydrogen-bond acceptors (Lipinski definition) is 3. The van der Waals surface area contributed by atoms with Crippen molar-refractivity contribution in [2.24, 2.45) is 16.7 Å². The third kappa shape index (κ3) is 2.53. The molecule has 1 aromatic rings. The van der Waals surface area contributed by atoms with Gasteiger partial charge in [-0.2, -0.15) is 0 Å². The molecule has 2 aliphatic rings. The first-order chi connectivity index (χ1) is 10.3. The van der Waals surface area contributed by atoms with Gasteiger partial charge in [-0.3, -0.25) is 0 Å². The number of rotatable bonds is 3. The maximum atomic E-state index is 12.2. The zero-order valence-corrected chi connectivity index (χ0v) is 13.5. The largest absolute Gasteiger partial charge is 0.508 e. The van der Waals surface area contributed by atoms with Crippen molar-refractivity contribution < 1.29 is 14.6 Å². The number of phenolic OH excluding ortho intramolecular Hbond substituents is 1. The molecule has 1 aromatic carbocycles. The molecule has 0 amide bonds. The smallest absolute Gasteiger partial charge is 0.331 e. The Morgan fingerprint density at radius 1 is 1.27 bits per heavy atom. The molecular weight excluding hydrogens is 276 g/mol. The van der Waals surface area contributed by atoms with Crippen LogP contribution in [0.15, 0.2) is 30.3 Å². The van der Waals surface area contributed by atoms with E-state index in [1.165, 1.54) is 18.9 Å². The summed E-state index contributed by atoms with van der Waals surface area (Å²) in [6, 6.07) is 6.74. The van der Waals surface area contributed by atoms with E-state index in [1.807, 2.05) is 0 Å². The number of fused-ring (bicyclic) bond motifs is 2. The van der Waals surface area contributed by atoms with Crippen LogP contribution in [-0.4, -0.2) is 17.2 Å². The Bertz CT molecular complexity index is 595. The zero-order valence-electron chi connectivity index (χ0n) is 13.5. The molecule has 3 atom stereocenters. The van der Waals surface area contributed by atoms with Crippen LogP contribution in [-0.2, 0) is 9.53 Å².